The normalized spacial score (nSPS) is 19.7. The molecule has 1 aliphatic heterocycles. The van der Waals surface area contributed by atoms with Crippen LogP contribution >= 0.6 is 0 Å². The van der Waals surface area contributed by atoms with Gasteiger partial charge in [-0.1, -0.05) is 0 Å². The fourth-order valence-corrected chi connectivity index (χ4v) is 2.11. The summed E-state index contributed by atoms with van der Waals surface area (Å²) in [6, 6.07) is 3.22. The minimum atomic E-state index is -0.529. The number of amides is 1. The van der Waals surface area contributed by atoms with E-state index >= 15 is 0 Å². The molecule has 0 spiro atoms. The third kappa shape index (κ3) is 4.21. The summed E-state index contributed by atoms with van der Waals surface area (Å²) in [4.78, 5) is 25.3. The smallest absolute Gasteiger partial charge is 0.331 e. The Bertz CT molecular complexity index is 583. The third-order valence-corrected chi connectivity index (χ3v) is 3.09. The number of carbonyl (C=O) groups excluding carboxylic acids is 2. The van der Waals surface area contributed by atoms with Gasteiger partial charge < -0.3 is 14.5 Å². The molecule has 0 saturated carbocycles. The predicted molar refractivity (Wildman–Crippen MR) is 83.4 cm³/mol. The number of piperazine rings is 1. The van der Waals surface area contributed by atoms with E-state index < -0.39 is 11.6 Å². The van der Waals surface area contributed by atoms with E-state index in [-0.39, 0.29) is 11.9 Å². The zero-order chi connectivity index (χ0) is 16.3. The standard InChI is InChI=1S/C16H22N2O4/c1-11-15(20)18(10-9-17-11)13-7-5-12(21-13)6-8-14(19)22-16(2,3)4/h5-8,11,17H,9-10H2,1-4H3/b8-6+. The maximum Gasteiger partial charge on any atom is 0.331 e. The number of nitrogens with one attached hydrogen (secondary N) is 1. The van der Waals surface area contributed by atoms with Crippen LogP contribution in [-0.4, -0.2) is 36.6 Å². The van der Waals surface area contributed by atoms with Crippen molar-refractivity contribution in [2.45, 2.75) is 39.3 Å². The van der Waals surface area contributed by atoms with E-state index in [9.17, 15) is 9.59 Å². The highest BCUT2D eigenvalue weighted by Gasteiger charge is 2.27. The molecule has 0 aliphatic carbocycles. The van der Waals surface area contributed by atoms with Crippen molar-refractivity contribution in [3.8, 4) is 0 Å². The summed E-state index contributed by atoms with van der Waals surface area (Å²) in [7, 11) is 0. The van der Waals surface area contributed by atoms with E-state index in [4.69, 9.17) is 9.15 Å². The highest BCUT2D eigenvalue weighted by molar-refractivity contribution is 5.96. The van der Waals surface area contributed by atoms with Crippen molar-refractivity contribution in [3.05, 3.63) is 24.0 Å². The monoisotopic (exact) mass is 306 g/mol. The molecule has 22 heavy (non-hydrogen) atoms. The van der Waals surface area contributed by atoms with Gasteiger partial charge in [0, 0.05) is 25.2 Å². The highest BCUT2D eigenvalue weighted by atomic mass is 16.6. The number of hydrogen-bond donors (Lipinski definition) is 1. The summed E-state index contributed by atoms with van der Waals surface area (Å²) >= 11 is 0. The molecule has 6 nitrogen and oxygen atoms in total. The summed E-state index contributed by atoms with van der Waals surface area (Å²) in [5.74, 6) is 0.530. The molecule has 1 unspecified atom stereocenters. The van der Waals surface area contributed by atoms with Crippen LogP contribution in [0, 0.1) is 0 Å². The molecule has 0 radical (unpaired) electrons. The first-order valence-electron chi connectivity index (χ1n) is 7.32. The lowest BCUT2D eigenvalue weighted by Crippen LogP contribution is -2.53. The highest BCUT2D eigenvalue weighted by Crippen LogP contribution is 2.21. The Balaban J connectivity index is 2.02. The molecule has 6 heteroatoms. The summed E-state index contributed by atoms with van der Waals surface area (Å²) in [6.07, 6.45) is 2.85. The van der Waals surface area contributed by atoms with E-state index in [0.29, 0.717) is 18.2 Å². The van der Waals surface area contributed by atoms with E-state index in [1.807, 2.05) is 6.92 Å². The van der Waals surface area contributed by atoms with E-state index in [2.05, 4.69) is 5.32 Å². The van der Waals surface area contributed by atoms with Gasteiger partial charge in [0.15, 0.2) is 0 Å². The molecular weight excluding hydrogens is 284 g/mol. The molecule has 0 aromatic carbocycles. The molecule has 1 amide bonds. The van der Waals surface area contributed by atoms with Gasteiger partial charge in [-0.2, -0.15) is 0 Å². The first kappa shape index (κ1) is 16.3. The van der Waals surface area contributed by atoms with Gasteiger partial charge in [0.05, 0.1) is 6.04 Å². The Morgan fingerprint density at radius 2 is 2.18 bits per heavy atom. The molecule has 2 rings (SSSR count). The average Bonchev–Trinajstić information content (AvgIpc) is 2.86. The predicted octanol–water partition coefficient (Wildman–Crippen LogP) is 1.96. The third-order valence-electron chi connectivity index (χ3n) is 3.09. The second kappa shape index (κ2) is 6.36. The van der Waals surface area contributed by atoms with Crippen LogP contribution in [0.25, 0.3) is 6.08 Å². The number of hydrogen-bond acceptors (Lipinski definition) is 5. The van der Waals surface area contributed by atoms with Crippen molar-refractivity contribution in [3.63, 3.8) is 0 Å². The molecule has 1 saturated heterocycles. The summed E-state index contributed by atoms with van der Waals surface area (Å²) < 4.78 is 10.8. The molecule has 1 fully saturated rings. The van der Waals surface area contributed by atoms with Crippen LogP contribution in [0.4, 0.5) is 5.88 Å². The van der Waals surface area contributed by atoms with Gasteiger partial charge >= 0.3 is 5.97 Å². The largest absolute Gasteiger partial charge is 0.457 e. The van der Waals surface area contributed by atoms with E-state index in [0.717, 1.165) is 6.54 Å². The molecule has 120 valence electrons. The van der Waals surface area contributed by atoms with Gasteiger partial charge in [0.1, 0.15) is 11.4 Å². The van der Waals surface area contributed by atoms with Crippen molar-refractivity contribution in [2.75, 3.05) is 18.0 Å². The first-order chi connectivity index (χ1) is 10.3. The van der Waals surface area contributed by atoms with Gasteiger partial charge in [0.25, 0.3) is 0 Å². The van der Waals surface area contributed by atoms with E-state index in [1.54, 1.807) is 37.8 Å². The number of nitrogens with zero attached hydrogens (tertiary/aromatic N) is 1. The summed E-state index contributed by atoms with van der Waals surface area (Å²) in [5, 5.41) is 3.09. The van der Waals surface area contributed by atoms with Gasteiger partial charge in [-0.05, 0) is 39.8 Å². The maximum absolute atomic E-state index is 12.1. The first-order valence-corrected chi connectivity index (χ1v) is 7.32. The molecule has 1 aromatic heterocycles. The van der Waals surface area contributed by atoms with Crippen molar-refractivity contribution >= 4 is 23.8 Å². The van der Waals surface area contributed by atoms with Crippen LogP contribution in [0.5, 0.6) is 0 Å². The van der Waals surface area contributed by atoms with Crippen LogP contribution in [0.1, 0.15) is 33.5 Å². The zero-order valence-electron chi connectivity index (χ0n) is 13.4. The lowest BCUT2D eigenvalue weighted by molar-refractivity contribution is -0.148. The number of rotatable bonds is 3. The van der Waals surface area contributed by atoms with Crippen LogP contribution in [-0.2, 0) is 14.3 Å². The van der Waals surface area contributed by atoms with E-state index in [1.165, 1.54) is 12.2 Å². The minimum Gasteiger partial charge on any atom is -0.457 e. The number of esters is 1. The Hall–Kier alpha value is -2.08. The Kier molecular flexibility index (Phi) is 4.71. The fraction of sp³-hybridized carbons (Fsp3) is 0.500. The molecule has 1 aromatic rings. The second-order valence-corrected chi connectivity index (χ2v) is 6.21. The SMILES string of the molecule is CC1NCCN(c2ccc(/C=C/C(=O)OC(C)(C)C)o2)C1=O. The van der Waals surface area contributed by atoms with Gasteiger partial charge in [-0.25, -0.2) is 4.79 Å². The molecule has 0 bridgehead atoms. The van der Waals surface area contributed by atoms with Gasteiger partial charge in [-0.15, -0.1) is 0 Å². The Morgan fingerprint density at radius 3 is 2.86 bits per heavy atom. The Labute approximate surface area is 130 Å². The lowest BCUT2D eigenvalue weighted by atomic mass is 10.2. The number of anilines is 1. The number of carbonyl (C=O) groups is 2. The maximum atomic E-state index is 12.1. The minimum absolute atomic E-state index is 0.0247. The number of ether oxygens (including phenoxy) is 1. The Morgan fingerprint density at radius 1 is 1.45 bits per heavy atom. The lowest BCUT2D eigenvalue weighted by Gasteiger charge is -2.29. The molecule has 2 heterocycles. The second-order valence-electron chi connectivity index (χ2n) is 6.21. The van der Waals surface area contributed by atoms with Crippen LogP contribution in [0.15, 0.2) is 22.6 Å². The molecule has 1 atom stereocenters. The van der Waals surface area contributed by atoms with Crippen molar-refractivity contribution in [1.82, 2.24) is 5.32 Å². The van der Waals surface area contributed by atoms with Crippen molar-refractivity contribution in [2.24, 2.45) is 0 Å². The van der Waals surface area contributed by atoms with Crippen LogP contribution in [0.3, 0.4) is 0 Å². The van der Waals surface area contributed by atoms with Crippen LogP contribution in [0.2, 0.25) is 0 Å². The number of furan rings is 1. The molecular formula is C16H22N2O4. The van der Waals surface area contributed by atoms with Crippen molar-refractivity contribution in [1.29, 1.82) is 0 Å². The van der Waals surface area contributed by atoms with Gasteiger partial charge in [-0.3, -0.25) is 9.69 Å². The molecule has 1 N–H and O–H groups in total. The molecule has 1 aliphatic rings. The van der Waals surface area contributed by atoms with Crippen molar-refractivity contribution < 1.29 is 18.7 Å². The van der Waals surface area contributed by atoms with Gasteiger partial charge in [0.2, 0.25) is 11.8 Å². The quantitative estimate of drug-likeness (QED) is 0.683. The van der Waals surface area contributed by atoms with Crippen LogP contribution < -0.4 is 10.2 Å². The zero-order valence-corrected chi connectivity index (χ0v) is 13.4. The summed E-state index contributed by atoms with van der Waals surface area (Å²) in [5.41, 5.74) is -0.529. The average molecular weight is 306 g/mol. The summed E-state index contributed by atoms with van der Waals surface area (Å²) in [6.45, 7) is 8.52. The fourth-order valence-electron chi connectivity index (χ4n) is 2.11. The topological polar surface area (TPSA) is 71.8 Å².